The molecular formula is C24H47NO6. The molecule has 0 rings (SSSR count). The van der Waals surface area contributed by atoms with Crippen LogP contribution in [0.1, 0.15) is 110 Å². The van der Waals surface area contributed by atoms with Crippen LogP contribution in [-0.2, 0) is 14.3 Å². The van der Waals surface area contributed by atoms with Gasteiger partial charge >= 0.3 is 5.97 Å². The second-order valence-corrected chi connectivity index (χ2v) is 8.72. The average molecular weight is 446 g/mol. The summed E-state index contributed by atoms with van der Waals surface area (Å²) in [6.07, 6.45) is 17.2. The van der Waals surface area contributed by atoms with E-state index in [-0.39, 0.29) is 12.2 Å². The molecule has 0 radical (unpaired) electrons. The Balaban J connectivity index is 3.79. The van der Waals surface area contributed by atoms with E-state index in [9.17, 15) is 19.8 Å². The number of ketones is 1. The number of carbonyl (C=O) groups excluding carboxylic acids is 1. The van der Waals surface area contributed by atoms with Crippen LogP contribution in [0, 0.1) is 5.41 Å². The first-order valence-electron chi connectivity index (χ1n) is 12.3. The van der Waals surface area contributed by atoms with E-state index in [1.54, 1.807) is 0 Å². The highest BCUT2D eigenvalue weighted by molar-refractivity contribution is 5.85. The molecule has 0 aliphatic carbocycles. The number of hydrogen-bond acceptors (Lipinski definition) is 6. The summed E-state index contributed by atoms with van der Waals surface area (Å²) in [4.78, 5) is 23.1. The van der Waals surface area contributed by atoms with Gasteiger partial charge in [-0.3, -0.25) is 4.79 Å². The smallest absolute Gasteiger partial charge is 0.329 e. The van der Waals surface area contributed by atoms with Crippen LogP contribution in [0.2, 0.25) is 0 Å². The molecular weight excluding hydrogens is 398 g/mol. The second-order valence-electron chi connectivity index (χ2n) is 8.72. The number of carbonyl (C=O) groups is 2. The summed E-state index contributed by atoms with van der Waals surface area (Å²) >= 11 is 0. The lowest BCUT2D eigenvalue weighted by molar-refractivity contribution is -0.160. The lowest BCUT2D eigenvalue weighted by Crippen LogP contribution is -2.54. The van der Waals surface area contributed by atoms with Gasteiger partial charge in [0.15, 0.2) is 0 Å². The molecule has 5 N–H and O–H groups in total. The van der Waals surface area contributed by atoms with E-state index in [0.29, 0.717) is 6.42 Å². The molecule has 7 nitrogen and oxygen atoms in total. The molecule has 7 heteroatoms. The summed E-state index contributed by atoms with van der Waals surface area (Å²) < 4.78 is 4.94. The minimum atomic E-state index is -1.66. The number of unbranched alkanes of at least 4 members (excludes halogenated alkanes) is 14. The molecule has 0 amide bonds. The Labute approximate surface area is 188 Å². The van der Waals surface area contributed by atoms with Gasteiger partial charge in [0.1, 0.15) is 24.0 Å². The minimum Gasteiger partial charge on any atom is -0.480 e. The average Bonchev–Trinajstić information content (AvgIpc) is 2.76. The molecule has 0 saturated heterocycles. The summed E-state index contributed by atoms with van der Waals surface area (Å²) in [6, 6.07) is 0. The van der Waals surface area contributed by atoms with Crippen molar-refractivity contribution in [3.63, 3.8) is 0 Å². The van der Waals surface area contributed by atoms with E-state index < -0.39 is 37.4 Å². The van der Waals surface area contributed by atoms with Crippen LogP contribution in [-0.4, -0.2) is 53.1 Å². The first-order chi connectivity index (χ1) is 14.9. The zero-order chi connectivity index (χ0) is 23.4. The van der Waals surface area contributed by atoms with Crippen LogP contribution in [0.4, 0.5) is 0 Å². The third kappa shape index (κ3) is 13.9. The molecule has 184 valence electrons. The standard InChI is InChI=1S/C24H47NO6/c1-2-3-4-5-6-7-8-9-10-11-12-13-14-15-16-17-21(28)24(19-26,20-27)23(25)31-18-22(29)30/h23,26-27H,2-20,25H2,1H3,(H,29,30). The molecule has 0 aliphatic rings. The van der Waals surface area contributed by atoms with Crippen LogP contribution in [0.15, 0.2) is 0 Å². The normalized spacial score (nSPS) is 12.8. The van der Waals surface area contributed by atoms with Crippen LogP contribution < -0.4 is 5.73 Å². The fourth-order valence-corrected chi connectivity index (χ4v) is 3.79. The van der Waals surface area contributed by atoms with E-state index >= 15 is 0 Å². The first kappa shape index (κ1) is 30.0. The van der Waals surface area contributed by atoms with Gasteiger partial charge in [-0.1, -0.05) is 96.8 Å². The molecule has 0 fully saturated rings. The van der Waals surface area contributed by atoms with Gasteiger partial charge in [0.25, 0.3) is 0 Å². The number of aliphatic hydroxyl groups is 2. The number of carboxylic acid groups (broad SMARTS) is 1. The summed E-state index contributed by atoms with van der Waals surface area (Å²) in [7, 11) is 0. The van der Waals surface area contributed by atoms with Crippen LogP contribution in [0.25, 0.3) is 0 Å². The molecule has 0 aromatic heterocycles. The molecule has 0 heterocycles. The van der Waals surface area contributed by atoms with E-state index in [1.165, 1.54) is 70.6 Å². The number of carboxylic acids is 1. The molecule has 0 spiro atoms. The fraction of sp³-hybridized carbons (Fsp3) is 0.917. The molecule has 0 saturated carbocycles. The van der Waals surface area contributed by atoms with Crippen molar-refractivity contribution in [2.75, 3.05) is 19.8 Å². The van der Waals surface area contributed by atoms with E-state index in [1.807, 2.05) is 0 Å². The largest absolute Gasteiger partial charge is 0.480 e. The van der Waals surface area contributed by atoms with Crippen molar-refractivity contribution in [2.45, 2.75) is 116 Å². The van der Waals surface area contributed by atoms with E-state index in [2.05, 4.69) is 6.92 Å². The minimum absolute atomic E-state index is 0.184. The summed E-state index contributed by atoms with van der Waals surface area (Å²) in [6.45, 7) is 0.205. The van der Waals surface area contributed by atoms with E-state index in [4.69, 9.17) is 15.6 Å². The number of aliphatic carboxylic acids is 1. The summed E-state index contributed by atoms with van der Waals surface area (Å²) in [5.74, 6) is -1.61. The Morgan fingerprint density at radius 3 is 1.52 bits per heavy atom. The van der Waals surface area contributed by atoms with Crippen LogP contribution in [0.5, 0.6) is 0 Å². The molecule has 1 unspecified atom stereocenters. The Kier molecular flexibility index (Phi) is 19.0. The molecule has 0 aliphatic heterocycles. The van der Waals surface area contributed by atoms with Crippen molar-refractivity contribution in [1.82, 2.24) is 0 Å². The van der Waals surface area contributed by atoms with Crippen LogP contribution >= 0.6 is 0 Å². The van der Waals surface area contributed by atoms with Crippen molar-refractivity contribution >= 4 is 11.8 Å². The predicted molar refractivity (Wildman–Crippen MR) is 123 cm³/mol. The van der Waals surface area contributed by atoms with Gasteiger partial charge in [-0.2, -0.15) is 0 Å². The molecule has 0 bridgehead atoms. The SMILES string of the molecule is CCCCCCCCCCCCCCCCCC(=O)C(CO)(CO)C(N)OCC(=O)O. The summed E-state index contributed by atoms with van der Waals surface area (Å²) in [5, 5.41) is 27.9. The number of ether oxygens (including phenoxy) is 1. The zero-order valence-corrected chi connectivity index (χ0v) is 19.7. The molecule has 1 atom stereocenters. The van der Waals surface area contributed by atoms with Gasteiger partial charge in [-0.05, 0) is 6.42 Å². The number of rotatable bonds is 23. The molecule has 0 aromatic carbocycles. The first-order valence-corrected chi connectivity index (χ1v) is 12.3. The lowest BCUT2D eigenvalue weighted by Gasteiger charge is -2.33. The topological polar surface area (TPSA) is 130 Å². The van der Waals surface area contributed by atoms with Crippen molar-refractivity contribution in [3.8, 4) is 0 Å². The number of Topliss-reactive ketones (excluding diaryl/α,β-unsaturated/α-hetero) is 1. The highest BCUT2D eigenvalue weighted by Crippen LogP contribution is 2.25. The second kappa shape index (κ2) is 19.6. The van der Waals surface area contributed by atoms with Gasteiger partial charge in [-0.25, -0.2) is 4.79 Å². The number of hydrogen-bond donors (Lipinski definition) is 4. The van der Waals surface area contributed by atoms with Crippen molar-refractivity contribution in [1.29, 1.82) is 0 Å². The molecule has 31 heavy (non-hydrogen) atoms. The van der Waals surface area contributed by atoms with Crippen molar-refractivity contribution < 1.29 is 29.6 Å². The highest BCUT2D eigenvalue weighted by Gasteiger charge is 2.43. The Hall–Kier alpha value is -1.02. The highest BCUT2D eigenvalue weighted by atomic mass is 16.5. The fourth-order valence-electron chi connectivity index (χ4n) is 3.79. The lowest BCUT2D eigenvalue weighted by atomic mass is 9.81. The van der Waals surface area contributed by atoms with Gasteiger partial charge < -0.3 is 25.8 Å². The maximum absolute atomic E-state index is 12.5. The van der Waals surface area contributed by atoms with E-state index in [0.717, 1.165) is 19.3 Å². The van der Waals surface area contributed by atoms with Gasteiger partial charge in [0, 0.05) is 6.42 Å². The van der Waals surface area contributed by atoms with Crippen molar-refractivity contribution in [3.05, 3.63) is 0 Å². The number of nitrogens with two attached hydrogens (primary N) is 1. The van der Waals surface area contributed by atoms with Gasteiger partial charge in [-0.15, -0.1) is 0 Å². The zero-order valence-electron chi connectivity index (χ0n) is 19.7. The predicted octanol–water partition coefficient (Wildman–Crippen LogP) is 4.17. The summed E-state index contributed by atoms with van der Waals surface area (Å²) in [5.41, 5.74) is 4.09. The third-order valence-electron chi connectivity index (χ3n) is 6.06. The quantitative estimate of drug-likeness (QED) is 0.137. The monoisotopic (exact) mass is 445 g/mol. The maximum atomic E-state index is 12.5. The molecule has 0 aromatic rings. The van der Waals surface area contributed by atoms with Gasteiger partial charge in [0.2, 0.25) is 0 Å². The number of aliphatic hydroxyl groups excluding tert-OH is 2. The Morgan fingerprint density at radius 1 is 0.774 bits per heavy atom. The van der Waals surface area contributed by atoms with Crippen molar-refractivity contribution in [2.24, 2.45) is 11.1 Å². The van der Waals surface area contributed by atoms with Gasteiger partial charge in [0.05, 0.1) is 13.2 Å². The van der Waals surface area contributed by atoms with Crippen LogP contribution in [0.3, 0.4) is 0 Å². The Bertz CT molecular complexity index is 453. The third-order valence-corrected chi connectivity index (χ3v) is 6.06. The maximum Gasteiger partial charge on any atom is 0.329 e. The Morgan fingerprint density at radius 2 is 1.16 bits per heavy atom.